The number of aryl methyl sites for hydroxylation is 1. The summed E-state index contributed by atoms with van der Waals surface area (Å²) in [5, 5.41) is -0.0204. The van der Waals surface area contributed by atoms with Crippen LogP contribution in [0.1, 0.15) is 30.5 Å². The van der Waals surface area contributed by atoms with Gasteiger partial charge in [0.05, 0.1) is 5.33 Å². The molecule has 0 N–H and O–H groups in total. The molecule has 0 saturated carbocycles. The number of rotatable bonds is 10. The summed E-state index contributed by atoms with van der Waals surface area (Å²) in [6.07, 6.45) is 0. The highest BCUT2D eigenvalue weighted by Crippen LogP contribution is 2.16. The third-order valence-electron chi connectivity index (χ3n) is 4.69. The van der Waals surface area contributed by atoms with Gasteiger partial charge in [-0.2, -0.15) is 0 Å². The number of hydrogen-bond acceptors (Lipinski definition) is 5. The second-order valence-corrected chi connectivity index (χ2v) is 8.14. The molecule has 0 saturated heterocycles. The van der Waals surface area contributed by atoms with Crippen molar-refractivity contribution in [3.63, 3.8) is 0 Å². The summed E-state index contributed by atoms with van der Waals surface area (Å²) in [5.74, 6) is -1.78. The van der Waals surface area contributed by atoms with E-state index >= 15 is 0 Å². The van der Waals surface area contributed by atoms with Crippen molar-refractivity contribution in [1.82, 2.24) is 4.90 Å². The van der Waals surface area contributed by atoms with Crippen LogP contribution in [-0.4, -0.2) is 40.7 Å². The van der Waals surface area contributed by atoms with Crippen LogP contribution in [0.2, 0.25) is 0 Å². The van der Waals surface area contributed by atoms with Crippen LogP contribution in [0.25, 0.3) is 0 Å². The van der Waals surface area contributed by atoms with Crippen LogP contribution in [0.15, 0.2) is 54.6 Å². The molecule has 0 aliphatic heterocycles. The maximum absolute atomic E-state index is 12.8. The average molecular weight is 490 g/mol. The third kappa shape index (κ3) is 7.83. The summed E-state index contributed by atoms with van der Waals surface area (Å²) in [6, 6.07) is 16.0. The van der Waals surface area contributed by atoms with E-state index in [4.69, 9.17) is 9.47 Å². The number of benzene rings is 2. The van der Waals surface area contributed by atoms with Crippen molar-refractivity contribution in [3.8, 4) is 0 Å². The van der Waals surface area contributed by atoms with Gasteiger partial charge in [0.15, 0.2) is 0 Å². The first-order valence-corrected chi connectivity index (χ1v) is 11.2. The van der Waals surface area contributed by atoms with Gasteiger partial charge < -0.3 is 14.4 Å². The fourth-order valence-electron chi connectivity index (χ4n) is 3.02. The lowest BCUT2D eigenvalue weighted by Crippen LogP contribution is -2.51. The number of esters is 2. The largest absolute Gasteiger partial charge is 0.459 e. The minimum absolute atomic E-state index is 0.0204. The lowest BCUT2D eigenvalue weighted by Gasteiger charge is -2.31. The Morgan fingerprint density at radius 2 is 1.48 bits per heavy atom. The van der Waals surface area contributed by atoms with E-state index in [1.54, 1.807) is 13.8 Å². The van der Waals surface area contributed by atoms with E-state index in [1.165, 1.54) is 4.90 Å². The molecule has 0 fully saturated rings. The molecule has 1 atom stereocenters. The second kappa shape index (κ2) is 12.2. The topological polar surface area (TPSA) is 72.9 Å². The van der Waals surface area contributed by atoms with Gasteiger partial charge >= 0.3 is 11.9 Å². The molecule has 2 aromatic rings. The Morgan fingerprint density at radius 1 is 0.903 bits per heavy atom. The molecule has 0 radical (unpaired) electrons. The summed E-state index contributed by atoms with van der Waals surface area (Å²) in [4.78, 5) is 39.1. The fourth-order valence-corrected chi connectivity index (χ4v) is 3.35. The van der Waals surface area contributed by atoms with Gasteiger partial charge in [0.25, 0.3) is 0 Å². The summed E-state index contributed by atoms with van der Waals surface area (Å²) in [5.41, 5.74) is 2.80. The van der Waals surface area contributed by atoms with Crippen molar-refractivity contribution in [3.05, 3.63) is 71.3 Å². The van der Waals surface area contributed by atoms with Gasteiger partial charge in [0.1, 0.15) is 25.8 Å². The normalized spacial score (nSPS) is 11.6. The maximum Gasteiger partial charge on any atom is 0.329 e. The molecule has 0 spiro atoms. The summed E-state index contributed by atoms with van der Waals surface area (Å²) < 4.78 is 10.8. The Balaban J connectivity index is 2.05. The molecule has 7 heteroatoms. The predicted octanol–water partition coefficient (Wildman–Crippen LogP) is 4.03. The molecule has 0 aromatic heterocycles. The third-order valence-corrected chi connectivity index (χ3v) is 5.17. The zero-order valence-corrected chi connectivity index (χ0v) is 19.6. The van der Waals surface area contributed by atoms with Crippen LogP contribution >= 0.6 is 15.9 Å². The van der Waals surface area contributed by atoms with E-state index in [9.17, 15) is 14.4 Å². The fraction of sp³-hybridized carbons (Fsp3) is 0.375. The van der Waals surface area contributed by atoms with Crippen molar-refractivity contribution in [2.24, 2.45) is 5.92 Å². The molecule has 2 aromatic carbocycles. The Labute approximate surface area is 191 Å². The average Bonchev–Trinajstić information content (AvgIpc) is 2.76. The number of alkyl halides is 1. The molecular formula is C24H28BrNO5. The van der Waals surface area contributed by atoms with Crippen LogP contribution in [0.4, 0.5) is 0 Å². The molecule has 2 rings (SSSR count). The Hall–Kier alpha value is -2.67. The number of ether oxygens (including phenoxy) is 2. The molecular weight excluding hydrogens is 462 g/mol. The number of nitrogens with zero attached hydrogens (tertiary/aromatic N) is 1. The Morgan fingerprint density at radius 3 is 2.06 bits per heavy atom. The van der Waals surface area contributed by atoms with Gasteiger partial charge in [-0.15, -0.1) is 0 Å². The highest BCUT2D eigenvalue weighted by atomic mass is 79.9. The van der Waals surface area contributed by atoms with E-state index in [-0.39, 0.29) is 36.9 Å². The molecule has 0 aliphatic carbocycles. The molecule has 0 aliphatic rings. The number of halogens is 1. The van der Waals surface area contributed by atoms with E-state index < -0.39 is 18.0 Å². The van der Waals surface area contributed by atoms with E-state index in [0.29, 0.717) is 0 Å². The predicted molar refractivity (Wildman–Crippen MR) is 121 cm³/mol. The standard InChI is InChI=1S/C24H28BrNO5/c1-17(2)23(24(29)31-16-19-7-5-4-6-8-19)26(21(27)13-25)14-22(28)30-15-20-11-9-18(3)10-12-20/h4-12,17,23H,13-16H2,1-3H3. The molecule has 0 heterocycles. The van der Waals surface area contributed by atoms with Gasteiger partial charge in [-0.3, -0.25) is 9.59 Å². The van der Waals surface area contributed by atoms with Gasteiger partial charge in [0.2, 0.25) is 5.91 Å². The quantitative estimate of drug-likeness (QED) is 0.372. The molecule has 31 heavy (non-hydrogen) atoms. The van der Waals surface area contributed by atoms with Crippen molar-refractivity contribution in [2.45, 2.75) is 40.0 Å². The first-order valence-electron chi connectivity index (χ1n) is 10.1. The van der Waals surface area contributed by atoms with Crippen molar-refractivity contribution < 1.29 is 23.9 Å². The maximum atomic E-state index is 12.8. The minimum Gasteiger partial charge on any atom is -0.459 e. The van der Waals surface area contributed by atoms with Gasteiger partial charge in [-0.1, -0.05) is 89.9 Å². The lowest BCUT2D eigenvalue weighted by molar-refractivity contribution is -0.161. The van der Waals surface area contributed by atoms with E-state index in [0.717, 1.165) is 16.7 Å². The Bertz CT molecular complexity index is 867. The molecule has 1 amide bonds. The Kier molecular flexibility index (Phi) is 9.72. The zero-order valence-electron chi connectivity index (χ0n) is 18.0. The van der Waals surface area contributed by atoms with Crippen molar-refractivity contribution in [2.75, 3.05) is 11.9 Å². The highest BCUT2D eigenvalue weighted by molar-refractivity contribution is 9.09. The minimum atomic E-state index is -0.902. The first-order chi connectivity index (χ1) is 14.8. The second-order valence-electron chi connectivity index (χ2n) is 7.58. The van der Waals surface area contributed by atoms with Crippen molar-refractivity contribution >= 4 is 33.8 Å². The first kappa shape index (κ1) is 24.6. The van der Waals surface area contributed by atoms with Gasteiger partial charge in [0, 0.05) is 0 Å². The van der Waals surface area contributed by atoms with Gasteiger partial charge in [-0.05, 0) is 24.0 Å². The summed E-state index contributed by atoms with van der Waals surface area (Å²) in [6.45, 7) is 5.45. The molecule has 0 bridgehead atoms. The molecule has 6 nitrogen and oxygen atoms in total. The van der Waals surface area contributed by atoms with Crippen LogP contribution < -0.4 is 0 Å². The zero-order chi connectivity index (χ0) is 22.8. The lowest BCUT2D eigenvalue weighted by atomic mass is 10.0. The van der Waals surface area contributed by atoms with E-state index in [2.05, 4.69) is 15.9 Å². The molecule has 166 valence electrons. The van der Waals surface area contributed by atoms with Gasteiger partial charge in [-0.25, -0.2) is 4.79 Å². The van der Waals surface area contributed by atoms with Crippen molar-refractivity contribution in [1.29, 1.82) is 0 Å². The highest BCUT2D eigenvalue weighted by Gasteiger charge is 2.35. The van der Waals surface area contributed by atoms with Crippen LogP contribution in [0, 0.1) is 12.8 Å². The number of carbonyl (C=O) groups excluding carboxylic acids is 3. The summed E-state index contributed by atoms with van der Waals surface area (Å²) in [7, 11) is 0. The van der Waals surface area contributed by atoms with Crippen LogP contribution in [0.3, 0.4) is 0 Å². The smallest absolute Gasteiger partial charge is 0.329 e. The summed E-state index contributed by atoms with van der Waals surface area (Å²) >= 11 is 3.13. The van der Waals surface area contributed by atoms with Crippen LogP contribution in [-0.2, 0) is 37.1 Å². The number of hydrogen-bond donors (Lipinski definition) is 0. The van der Waals surface area contributed by atoms with Crippen LogP contribution in [0.5, 0.6) is 0 Å². The SMILES string of the molecule is Cc1ccc(COC(=O)CN(C(=O)CBr)C(C(=O)OCc2ccccc2)C(C)C)cc1. The molecule has 1 unspecified atom stereocenters. The van der Waals surface area contributed by atoms with E-state index in [1.807, 2.05) is 61.5 Å². The number of carbonyl (C=O) groups is 3. The number of amides is 1. The monoisotopic (exact) mass is 489 g/mol.